The third-order valence-electron chi connectivity index (χ3n) is 14.1. The molecule has 0 saturated carbocycles. The minimum atomic E-state index is -0.666. The van der Waals surface area contributed by atoms with Crippen molar-refractivity contribution < 1.29 is 24.5 Å². The number of allylic oxidation sites excluding steroid dienone is 2. The van der Waals surface area contributed by atoms with Crippen molar-refractivity contribution in [2.45, 2.75) is 347 Å². The predicted octanol–water partition coefficient (Wildman–Crippen LogP) is 18.5. The van der Waals surface area contributed by atoms with E-state index in [1.807, 2.05) is 0 Å². The number of hydrogen-bond donors (Lipinski definition) is 3. The van der Waals surface area contributed by atoms with Gasteiger partial charge in [-0.2, -0.15) is 0 Å². The first-order valence-corrected chi connectivity index (χ1v) is 29.9. The van der Waals surface area contributed by atoms with Gasteiger partial charge >= 0.3 is 5.97 Å². The zero-order valence-corrected chi connectivity index (χ0v) is 44.7. The van der Waals surface area contributed by atoms with Crippen LogP contribution in [-0.4, -0.2) is 47.4 Å². The van der Waals surface area contributed by atoms with Crippen molar-refractivity contribution in [1.29, 1.82) is 0 Å². The quantitative estimate of drug-likeness (QED) is 0.0321. The van der Waals surface area contributed by atoms with E-state index in [9.17, 15) is 19.8 Å². The third-order valence-corrected chi connectivity index (χ3v) is 14.1. The second kappa shape index (κ2) is 56.2. The van der Waals surface area contributed by atoms with Crippen LogP contribution in [0.1, 0.15) is 335 Å². The van der Waals surface area contributed by atoms with Crippen molar-refractivity contribution in [1.82, 2.24) is 5.32 Å². The average molecular weight is 933 g/mol. The highest BCUT2D eigenvalue weighted by Crippen LogP contribution is 2.18. The van der Waals surface area contributed by atoms with Crippen LogP contribution in [0, 0.1) is 0 Å². The van der Waals surface area contributed by atoms with Crippen LogP contribution >= 0.6 is 0 Å². The second-order valence-electron chi connectivity index (χ2n) is 20.7. The maximum atomic E-state index is 12.5. The number of aliphatic hydroxyl groups excluding tert-OH is 2. The largest absolute Gasteiger partial charge is 0.466 e. The van der Waals surface area contributed by atoms with Crippen LogP contribution in [-0.2, 0) is 14.3 Å². The first-order valence-electron chi connectivity index (χ1n) is 29.9. The van der Waals surface area contributed by atoms with Gasteiger partial charge in [0.1, 0.15) is 0 Å². The molecular formula is C60H117NO5. The fourth-order valence-corrected chi connectivity index (χ4v) is 9.46. The smallest absolute Gasteiger partial charge is 0.305 e. The molecule has 0 aromatic heterocycles. The van der Waals surface area contributed by atoms with Gasteiger partial charge < -0.3 is 20.3 Å². The van der Waals surface area contributed by atoms with E-state index in [2.05, 4.69) is 31.3 Å². The molecule has 2 unspecified atom stereocenters. The van der Waals surface area contributed by atoms with Crippen LogP contribution in [0.5, 0.6) is 0 Å². The van der Waals surface area contributed by atoms with Gasteiger partial charge in [0.2, 0.25) is 5.91 Å². The number of esters is 1. The first kappa shape index (κ1) is 64.6. The van der Waals surface area contributed by atoms with E-state index in [1.165, 1.54) is 257 Å². The first-order chi connectivity index (χ1) is 32.5. The zero-order valence-electron chi connectivity index (χ0n) is 44.7. The maximum absolute atomic E-state index is 12.5. The molecule has 0 aromatic rings. The molecule has 0 bridgehead atoms. The minimum Gasteiger partial charge on any atom is -0.466 e. The predicted molar refractivity (Wildman–Crippen MR) is 287 cm³/mol. The van der Waals surface area contributed by atoms with E-state index >= 15 is 0 Å². The molecule has 0 aliphatic rings. The van der Waals surface area contributed by atoms with E-state index in [1.54, 1.807) is 0 Å². The molecule has 1 amide bonds. The summed E-state index contributed by atoms with van der Waals surface area (Å²) in [5.74, 6) is -0.0352. The topological polar surface area (TPSA) is 95.9 Å². The average Bonchev–Trinajstić information content (AvgIpc) is 3.32. The Hall–Kier alpha value is -1.40. The Balaban J connectivity index is 3.40. The van der Waals surface area contributed by atoms with E-state index in [-0.39, 0.29) is 18.5 Å². The molecule has 392 valence electrons. The molecule has 3 N–H and O–H groups in total. The number of nitrogens with one attached hydrogen (secondary N) is 1. The van der Waals surface area contributed by atoms with Crippen molar-refractivity contribution in [2.75, 3.05) is 13.2 Å². The summed E-state index contributed by atoms with van der Waals surface area (Å²) in [4.78, 5) is 24.5. The van der Waals surface area contributed by atoms with Crippen molar-refractivity contribution in [3.8, 4) is 0 Å². The summed E-state index contributed by atoms with van der Waals surface area (Å²) in [6.07, 6.45) is 66.3. The molecule has 0 radical (unpaired) electrons. The lowest BCUT2D eigenvalue weighted by Gasteiger charge is -2.22. The van der Waals surface area contributed by atoms with Gasteiger partial charge in [-0.25, -0.2) is 0 Å². The highest BCUT2D eigenvalue weighted by molar-refractivity contribution is 5.76. The number of amides is 1. The number of hydrogen-bond acceptors (Lipinski definition) is 5. The summed E-state index contributed by atoms with van der Waals surface area (Å²) >= 11 is 0. The van der Waals surface area contributed by atoms with Crippen molar-refractivity contribution >= 4 is 11.9 Å². The van der Waals surface area contributed by atoms with Crippen LogP contribution in [0.15, 0.2) is 12.2 Å². The summed E-state index contributed by atoms with van der Waals surface area (Å²) in [6.45, 7) is 4.94. The normalized spacial score (nSPS) is 12.6. The van der Waals surface area contributed by atoms with Crippen molar-refractivity contribution in [3.63, 3.8) is 0 Å². The summed E-state index contributed by atoms with van der Waals surface area (Å²) in [5, 5.41) is 23.3. The van der Waals surface area contributed by atoms with E-state index in [0.717, 1.165) is 44.9 Å². The van der Waals surface area contributed by atoms with Crippen LogP contribution in [0.2, 0.25) is 0 Å². The zero-order chi connectivity index (χ0) is 47.9. The lowest BCUT2D eigenvalue weighted by Crippen LogP contribution is -2.45. The van der Waals surface area contributed by atoms with Gasteiger partial charge in [0, 0.05) is 12.8 Å². The van der Waals surface area contributed by atoms with Crippen LogP contribution in [0.25, 0.3) is 0 Å². The monoisotopic (exact) mass is 932 g/mol. The molecular weight excluding hydrogens is 815 g/mol. The lowest BCUT2D eigenvalue weighted by molar-refractivity contribution is -0.143. The molecule has 0 saturated heterocycles. The molecule has 0 spiro atoms. The van der Waals surface area contributed by atoms with Crippen LogP contribution in [0.3, 0.4) is 0 Å². The molecule has 0 aromatic carbocycles. The Labute approximate surface area is 412 Å². The van der Waals surface area contributed by atoms with Crippen LogP contribution < -0.4 is 5.32 Å². The maximum Gasteiger partial charge on any atom is 0.305 e. The van der Waals surface area contributed by atoms with E-state index in [4.69, 9.17) is 4.74 Å². The Bertz CT molecular complexity index is 986. The molecule has 0 fully saturated rings. The lowest BCUT2D eigenvalue weighted by atomic mass is 10.0. The molecule has 66 heavy (non-hydrogen) atoms. The fraction of sp³-hybridized carbons (Fsp3) is 0.933. The number of aliphatic hydroxyl groups is 2. The number of carbonyl (C=O) groups excluding carboxylic acids is 2. The molecule has 0 rings (SSSR count). The summed E-state index contributed by atoms with van der Waals surface area (Å²) in [7, 11) is 0. The highest BCUT2D eigenvalue weighted by Gasteiger charge is 2.20. The molecule has 0 aliphatic carbocycles. The highest BCUT2D eigenvalue weighted by atomic mass is 16.5. The summed E-state index contributed by atoms with van der Waals surface area (Å²) in [5.41, 5.74) is 0. The van der Waals surface area contributed by atoms with E-state index < -0.39 is 12.1 Å². The molecule has 2 atom stereocenters. The van der Waals surface area contributed by atoms with Gasteiger partial charge in [-0.3, -0.25) is 9.59 Å². The van der Waals surface area contributed by atoms with E-state index in [0.29, 0.717) is 25.9 Å². The fourth-order valence-electron chi connectivity index (χ4n) is 9.46. The summed E-state index contributed by atoms with van der Waals surface area (Å²) < 4.78 is 5.46. The van der Waals surface area contributed by atoms with Crippen molar-refractivity contribution in [2.24, 2.45) is 0 Å². The number of rotatable bonds is 56. The van der Waals surface area contributed by atoms with Gasteiger partial charge in [-0.1, -0.05) is 283 Å². The van der Waals surface area contributed by atoms with Crippen LogP contribution in [0.4, 0.5) is 0 Å². The minimum absolute atomic E-state index is 0.000341. The molecule has 0 aliphatic heterocycles. The van der Waals surface area contributed by atoms with Gasteiger partial charge in [0.05, 0.1) is 25.4 Å². The molecule has 6 nitrogen and oxygen atoms in total. The number of ether oxygens (including phenoxy) is 1. The van der Waals surface area contributed by atoms with Gasteiger partial charge in [0.15, 0.2) is 0 Å². The Morgan fingerprint density at radius 1 is 0.409 bits per heavy atom. The SMILES string of the molecule is CCCCC/C=C\CCCCCCCC(=O)OCCCCCCCCCCCCCCCCCCCCCC(=O)NC(CO)C(O)CCCCCCCCCCCCCCCCCCCC. The second-order valence-corrected chi connectivity index (χ2v) is 20.7. The molecule has 0 heterocycles. The van der Waals surface area contributed by atoms with Crippen molar-refractivity contribution in [3.05, 3.63) is 12.2 Å². The standard InChI is InChI=1S/C60H117NO5/c1-3-5-7-9-11-13-15-17-18-19-23-26-29-32-36-40-44-48-52-58(63)57(56-62)61-59(64)53-49-45-41-37-33-30-27-24-21-20-22-25-28-31-35-39-43-47-51-55-66-60(65)54-50-46-42-38-34-16-14-12-10-8-6-4-2/h12,14,57-58,62-63H,3-11,13,15-56H2,1-2H3,(H,61,64)/b14-12-. The third kappa shape index (κ3) is 52.0. The number of carbonyl (C=O) groups is 2. The van der Waals surface area contributed by atoms with Gasteiger partial charge in [-0.15, -0.1) is 0 Å². The number of unbranched alkanes of at least 4 members (excludes halogenated alkanes) is 43. The Morgan fingerprint density at radius 2 is 0.712 bits per heavy atom. The molecule has 6 heteroatoms. The van der Waals surface area contributed by atoms with Gasteiger partial charge in [0.25, 0.3) is 0 Å². The Kier molecular flexibility index (Phi) is 55.0. The summed E-state index contributed by atoms with van der Waals surface area (Å²) in [6, 6.07) is -0.543. The van der Waals surface area contributed by atoms with Gasteiger partial charge in [-0.05, 0) is 51.4 Å². The Morgan fingerprint density at radius 3 is 1.11 bits per heavy atom.